The Labute approximate surface area is 119 Å². The molecule has 0 aliphatic rings. The van der Waals surface area contributed by atoms with Gasteiger partial charge in [-0.15, -0.1) is 0 Å². The fourth-order valence-electron chi connectivity index (χ4n) is 0. The first-order valence-corrected chi connectivity index (χ1v) is 0. The van der Waals surface area contributed by atoms with Gasteiger partial charge in [-0.1, -0.05) is 0 Å². The molecule has 0 saturated carbocycles. The molecule has 0 saturated heterocycles. The smallest absolute Gasteiger partial charge is 0 e. The van der Waals surface area contributed by atoms with Gasteiger partial charge in [0.15, 0.2) is 0 Å². The predicted octanol–water partition coefficient (Wildman–Crippen LogP) is -5.04. The van der Waals surface area contributed by atoms with Gasteiger partial charge in [-0.05, 0) is 0 Å². The van der Waals surface area contributed by atoms with Crippen LogP contribution in [-0.2, 0) is 44.8 Å². The Morgan fingerprint density at radius 3 is 0.375 bits per heavy atom. The number of hydrogen-bond acceptors (Lipinski definition) is 0. The molecule has 0 atom stereocenters. The SMILES string of the molecule is O.O.O.O.O.[BaH2].[Ta].[Ta]. The van der Waals surface area contributed by atoms with Crippen molar-refractivity contribution >= 4 is 48.9 Å². The Balaban J connectivity index is 0. The zero-order valence-electron chi connectivity index (χ0n) is 3.39. The maximum Gasteiger partial charge on any atom is 0 e. The van der Waals surface area contributed by atoms with Crippen LogP contribution in [0.15, 0.2) is 0 Å². The third-order valence-corrected chi connectivity index (χ3v) is 0. The van der Waals surface area contributed by atoms with E-state index in [2.05, 4.69) is 0 Å². The van der Waals surface area contributed by atoms with E-state index in [-0.39, 0.29) is 121 Å². The zero-order valence-corrected chi connectivity index (χ0v) is 9.82. The van der Waals surface area contributed by atoms with E-state index in [1.54, 1.807) is 0 Å². The van der Waals surface area contributed by atoms with E-state index >= 15 is 0 Å². The molecular formula is H12BaO5Ta2. The predicted molar refractivity (Wildman–Crippen MR) is 26.6 cm³/mol. The molecule has 0 rings (SSSR count). The van der Waals surface area contributed by atoms with E-state index in [0.717, 1.165) is 0 Å². The average molecular weight is 591 g/mol. The summed E-state index contributed by atoms with van der Waals surface area (Å²) in [5, 5.41) is 0. The normalized spacial score (nSPS) is 0. The van der Waals surface area contributed by atoms with Crippen LogP contribution in [-0.4, -0.2) is 76.3 Å². The molecule has 0 aliphatic heterocycles. The summed E-state index contributed by atoms with van der Waals surface area (Å²) in [4.78, 5) is 0. The topological polar surface area (TPSA) is 158 Å². The molecule has 5 nitrogen and oxygen atoms in total. The Morgan fingerprint density at radius 2 is 0.375 bits per heavy atom. The molecule has 10 N–H and O–H groups in total. The van der Waals surface area contributed by atoms with Gasteiger partial charge in [0.1, 0.15) is 0 Å². The molecule has 0 bridgehead atoms. The Bertz CT molecular complexity index is 10.4. The molecule has 0 unspecified atom stereocenters. The average Bonchev–Trinajstić information content (AvgIpc) is 0. The first-order chi connectivity index (χ1) is 0. The fraction of sp³-hybridized carbons (Fsp3) is 0. The summed E-state index contributed by atoms with van der Waals surface area (Å²) in [5.41, 5.74) is 0. The molecule has 0 aromatic heterocycles. The second-order valence-electron chi connectivity index (χ2n) is 0. The standard InChI is InChI=1S/Ba.5H2O.2Ta.2H/h;5*1H2;;;;. The van der Waals surface area contributed by atoms with Crippen molar-refractivity contribution in [2.24, 2.45) is 0 Å². The van der Waals surface area contributed by atoms with Crippen LogP contribution in [0.5, 0.6) is 0 Å². The second kappa shape index (κ2) is 94.9. The summed E-state index contributed by atoms with van der Waals surface area (Å²) in [6.45, 7) is 0. The van der Waals surface area contributed by atoms with Crippen LogP contribution >= 0.6 is 0 Å². The summed E-state index contributed by atoms with van der Waals surface area (Å²) in [6.07, 6.45) is 0. The van der Waals surface area contributed by atoms with E-state index in [1.165, 1.54) is 0 Å². The van der Waals surface area contributed by atoms with Crippen molar-refractivity contribution in [1.82, 2.24) is 0 Å². The van der Waals surface area contributed by atoms with Crippen LogP contribution in [0.25, 0.3) is 0 Å². The first-order valence-electron chi connectivity index (χ1n) is 0. The monoisotopic (exact) mass is 592 g/mol. The molecule has 0 aromatic rings. The van der Waals surface area contributed by atoms with Crippen molar-refractivity contribution in [1.29, 1.82) is 0 Å². The molecule has 54 valence electrons. The molecular weight excluding hydrogens is 579 g/mol. The van der Waals surface area contributed by atoms with Crippen LogP contribution in [0.3, 0.4) is 0 Å². The summed E-state index contributed by atoms with van der Waals surface area (Å²) in [7, 11) is 0. The minimum absolute atomic E-state index is 0. The van der Waals surface area contributed by atoms with E-state index < -0.39 is 0 Å². The van der Waals surface area contributed by atoms with E-state index in [0.29, 0.717) is 0 Å². The van der Waals surface area contributed by atoms with E-state index in [4.69, 9.17) is 0 Å². The van der Waals surface area contributed by atoms with Crippen LogP contribution in [0, 0.1) is 0 Å². The second-order valence-corrected chi connectivity index (χ2v) is 0. The number of hydrogen-bond donors (Lipinski definition) is 0. The molecule has 8 heteroatoms. The Morgan fingerprint density at radius 1 is 0.375 bits per heavy atom. The minimum atomic E-state index is 0. The third kappa shape index (κ3) is 67.1. The first kappa shape index (κ1) is 129. The van der Waals surface area contributed by atoms with Crippen molar-refractivity contribution in [3.05, 3.63) is 0 Å². The van der Waals surface area contributed by atoms with Crippen molar-refractivity contribution < 1.29 is 72.1 Å². The summed E-state index contributed by atoms with van der Waals surface area (Å²) < 4.78 is 0. The maximum absolute atomic E-state index is 0. The molecule has 0 aromatic carbocycles. The van der Waals surface area contributed by atoms with E-state index in [9.17, 15) is 0 Å². The van der Waals surface area contributed by atoms with Gasteiger partial charge in [0.05, 0.1) is 0 Å². The van der Waals surface area contributed by atoms with Crippen LogP contribution in [0.2, 0.25) is 0 Å². The zero-order chi connectivity index (χ0) is 0. The van der Waals surface area contributed by atoms with Crippen LogP contribution in [0.4, 0.5) is 0 Å². The molecule has 0 amide bonds. The Kier molecular flexibility index (Phi) is 1540. The van der Waals surface area contributed by atoms with Crippen LogP contribution < -0.4 is 0 Å². The van der Waals surface area contributed by atoms with Crippen molar-refractivity contribution in [3.8, 4) is 0 Å². The maximum atomic E-state index is 0. The Hall–Kier alpha value is 2.85. The molecule has 2 radical (unpaired) electrons. The van der Waals surface area contributed by atoms with Crippen molar-refractivity contribution in [2.75, 3.05) is 0 Å². The quantitative estimate of drug-likeness (QED) is 0.248. The van der Waals surface area contributed by atoms with Gasteiger partial charge in [-0.3, -0.25) is 0 Å². The number of rotatable bonds is 0. The minimum Gasteiger partial charge on any atom is 0 e. The van der Waals surface area contributed by atoms with Gasteiger partial charge < -0.3 is 27.4 Å². The van der Waals surface area contributed by atoms with Gasteiger partial charge >= 0.3 is 48.9 Å². The third-order valence-electron chi connectivity index (χ3n) is 0. The molecule has 0 aliphatic carbocycles. The van der Waals surface area contributed by atoms with Crippen molar-refractivity contribution in [3.63, 3.8) is 0 Å². The summed E-state index contributed by atoms with van der Waals surface area (Å²) in [5.74, 6) is 0. The van der Waals surface area contributed by atoms with Crippen LogP contribution in [0.1, 0.15) is 0 Å². The van der Waals surface area contributed by atoms with E-state index in [1.807, 2.05) is 0 Å². The largest absolute Gasteiger partial charge is 0 e. The fourth-order valence-corrected chi connectivity index (χ4v) is 0. The van der Waals surface area contributed by atoms with Gasteiger partial charge in [0.25, 0.3) is 0 Å². The molecule has 0 heterocycles. The van der Waals surface area contributed by atoms with Gasteiger partial charge in [-0.2, -0.15) is 0 Å². The molecule has 0 fully saturated rings. The van der Waals surface area contributed by atoms with Crippen molar-refractivity contribution in [2.45, 2.75) is 0 Å². The summed E-state index contributed by atoms with van der Waals surface area (Å²) in [6, 6.07) is 0. The molecule has 8 heavy (non-hydrogen) atoms. The van der Waals surface area contributed by atoms with Gasteiger partial charge in [-0.25, -0.2) is 0 Å². The molecule has 0 spiro atoms. The summed E-state index contributed by atoms with van der Waals surface area (Å²) >= 11 is 0. The van der Waals surface area contributed by atoms with Gasteiger partial charge in [0.2, 0.25) is 0 Å². The van der Waals surface area contributed by atoms with Gasteiger partial charge in [0, 0.05) is 44.8 Å².